The van der Waals surface area contributed by atoms with E-state index in [0.29, 0.717) is 0 Å². The Morgan fingerprint density at radius 2 is 1.50 bits per heavy atom. The fraction of sp³-hybridized carbons (Fsp3) is 0.400. The van der Waals surface area contributed by atoms with E-state index in [1.54, 1.807) is 0 Å². The summed E-state index contributed by atoms with van der Waals surface area (Å²) in [5, 5.41) is 0. The van der Waals surface area contributed by atoms with Crippen molar-refractivity contribution in [1.29, 1.82) is 0 Å². The molecule has 78 valence electrons. The Hall–Kier alpha value is -0.288. The molecule has 0 fully saturated rings. The summed E-state index contributed by atoms with van der Waals surface area (Å²) in [5.41, 5.74) is 0. The van der Waals surface area contributed by atoms with Crippen LogP contribution in [0, 0.1) is 0 Å². The van der Waals surface area contributed by atoms with Gasteiger partial charge in [0.1, 0.15) is 0 Å². The molecule has 14 heavy (non-hydrogen) atoms. The monoisotopic (exact) mass is 412 g/mol. The summed E-state index contributed by atoms with van der Waals surface area (Å²) in [6.45, 7) is 0. The Kier molecular flexibility index (Phi) is 4.40. The Labute approximate surface area is 90.2 Å². The predicted molar refractivity (Wildman–Crippen MR) is 32.0 cm³/mol. The molecule has 0 rings (SSSR count). The van der Waals surface area contributed by atoms with Gasteiger partial charge in [-0.15, -0.1) is 0 Å². The molecule has 0 aromatic heterocycles. The summed E-state index contributed by atoms with van der Waals surface area (Å²) in [4.78, 5) is 10.1. The average Bonchev–Trinajstić information content (AvgIpc) is 1.95. The van der Waals surface area contributed by atoms with Crippen molar-refractivity contribution in [2.45, 2.75) is 12.4 Å². The first-order valence-electron chi connectivity index (χ1n) is 2.86. The second-order valence-corrected chi connectivity index (χ2v) is 2.90. The molecule has 0 heterocycles. The van der Waals surface area contributed by atoms with Crippen molar-refractivity contribution < 1.29 is 33.8 Å². The Balaban J connectivity index is 4.89. The summed E-state index contributed by atoms with van der Waals surface area (Å²) >= 11 is -0.658. The van der Waals surface area contributed by atoms with Crippen LogP contribution in [-0.2, 0) is 7.48 Å². The molecule has 0 atom stereocenters. The molecule has 0 unspecified atom stereocenters. The predicted octanol–water partition coefficient (Wildman–Crippen LogP) is 1.66. The van der Waals surface area contributed by atoms with Gasteiger partial charge in [-0.3, -0.25) is 0 Å². The summed E-state index contributed by atoms with van der Waals surface area (Å²) in [6.07, 6.45) is -11.0. The number of carbonyl (C=O) groups is 1. The van der Waals surface area contributed by atoms with Crippen molar-refractivity contribution in [3.8, 4) is 0 Å². The van der Waals surface area contributed by atoms with Gasteiger partial charge in [0.05, 0.1) is 0 Å². The van der Waals surface area contributed by atoms with E-state index in [2.05, 4.69) is 2.69 Å². The van der Waals surface area contributed by atoms with E-state index in [1.165, 1.54) is 0 Å². The number of halogens is 6. The van der Waals surface area contributed by atoms with Crippen LogP contribution in [0.3, 0.4) is 0 Å². The second-order valence-electron chi connectivity index (χ2n) is 1.99. The maximum absolute atomic E-state index is 11.8. The molecule has 0 aliphatic carbocycles. The van der Waals surface area contributed by atoms with Crippen LogP contribution in [-0.4, -0.2) is 44.4 Å². The molecular weight excluding hydrogens is 410 g/mol. The molecular formula is C5HF6O2Tl. The van der Waals surface area contributed by atoms with Crippen molar-refractivity contribution >= 4 is 32.0 Å². The normalized spacial score (nSPS) is 13.9. The van der Waals surface area contributed by atoms with Crippen LogP contribution in [0.15, 0.2) is 11.8 Å². The Morgan fingerprint density at radius 3 is 1.71 bits per heavy atom. The molecule has 0 aliphatic heterocycles. The molecule has 0 bridgehead atoms. The first-order valence-corrected chi connectivity index (χ1v) is 4.69. The summed E-state index contributed by atoms with van der Waals surface area (Å²) < 4.78 is 73.7. The molecule has 2 nitrogen and oxygen atoms in total. The van der Waals surface area contributed by atoms with E-state index < -0.39 is 56.2 Å². The van der Waals surface area contributed by atoms with Crippen molar-refractivity contribution in [3.05, 3.63) is 11.8 Å². The van der Waals surface area contributed by atoms with Gasteiger partial charge in [-0.1, -0.05) is 0 Å². The number of hydrogen-bond acceptors (Lipinski definition) is 2. The SMILES string of the molecule is O=C(C=C([O][Tl])C(F)(F)F)C(F)(F)F. The first-order chi connectivity index (χ1) is 6.09. The zero-order valence-corrected chi connectivity index (χ0v) is 10.7. The number of ketones is 1. The number of allylic oxidation sites excluding steroid dienone is 2. The van der Waals surface area contributed by atoms with Crippen LogP contribution >= 0.6 is 0 Å². The third-order valence-electron chi connectivity index (χ3n) is 0.948. The molecule has 0 aromatic carbocycles. The van der Waals surface area contributed by atoms with E-state index in [9.17, 15) is 31.1 Å². The topological polar surface area (TPSA) is 26.3 Å². The van der Waals surface area contributed by atoms with E-state index in [4.69, 9.17) is 0 Å². The summed E-state index contributed by atoms with van der Waals surface area (Å²) in [6, 6.07) is 0. The molecule has 0 saturated heterocycles. The fourth-order valence-corrected chi connectivity index (χ4v) is 1.17. The maximum atomic E-state index is 11.8. The minimum absolute atomic E-state index is 0.597. The molecule has 0 spiro atoms. The van der Waals surface area contributed by atoms with Crippen LogP contribution < -0.4 is 0 Å². The molecule has 9 heteroatoms. The number of rotatable bonds is 2. The van der Waals surface area contributed by atoms with Gasteiger partial charge in [0.15, 0.2) is 0 Å². The van der Waals surface area contributed by atoms with Crippen molar-refractivity contribution in [2.75, 3.05) is 0 Å². The standard InChI is InChI=1S/C5H2F6O2.Tl/c6-4(7,8)2(12)1-3(13)5(9,10)11;/h1,12H;/q;+1/p-1. The van der Waals surface area contributed by atoms with Crippen LogP contribution in [0.1, 0.15) is 0 Å². The zero-order valence-electron chi connectivity index (χ0n) is 6.24. The van der Waals surface area contributed by atoms with Gasteiger partial charge < -0.3 is 0 Å². The molecule has 0 N–H and O–H groups in total. The van der Waals surface area contributed by atoms with E-state index >= 15 is 0 Å². The van der Waals surface area contributed by atoms with Gasteiger partial charge in [-0.25, -0.2) is 0 Å². The van der Waals surface area contributed by atoms with Crippen LogP contribution in [0.2, 0.25) is 0 Å². The van der Waals surface area contributed by atoms with Crippen LogP contribution in [0.25, 0.3) is 0 Å². The molecule has 0 aliphatic rings. The second kappa shape index (κ2) is 4.49. The molecule has 0 amide bonds. The van der Waals surface area contributed by atoms with Gasteiger partial charge in [0, 0.05) is 0 Å². The van der Waals surface area contributed by atoms with E-state index in [1.807, 2.05) is 0 Å². The van der Waals surface area contributed by atoms with Gasteiger partial charge in [0.25, 0.3) is 0 Å². The third kappa shape index (κ3) is 4.28. The van der Waals surface area contributed by atoms with Gasteiger partial charge in [0.2, 0.25) is 0 Å². The van der Waals surface area contributed by atoms with Crippen molar-refractivity contribution in [3.63, 3.8) is 0 Å². The van der Waals surface area contributed by atoms with Crippen LogP contribution in [0.4, 0.5) is 26.3 Å². The number of alkyl halides is 6. The van der Waals surface area contributed by atoms with Crippen LogP contribution in [0.5, 0.6) is 0 Å². The zero-order chi connectivity index (χ0) is 11.6. The number of hydrogen-bond donors (Lipinski definition) is 0. The molecule has 0 saturated carbocycles. The van der Waals surface area contributed by atoms with Crippen molar-refractivity contribution in [2.24, 2.45) is 0 Å². The van der Waals surface area contributed by atoms with Gasteiger partial charge in [-0.2, -0.15) is 0 Å². The van der Waals surface area contributed by atoms with Gasteiger partial charge >= 0.3 is 90.0 Å². The first kappa shape index (κ1) is 13.7. The number of carbonyl (C=O) groups excluding carboxylic acids is 1. The average molecular weight is 411 g/mol. The minimum atomic E-state index is -5.32. The third-order valence-corrected chi connectivity index (χ3v) is 1.94. The van der Waals surface area contributed by atoms with Crippen molar-refractivity contribution in [1.82, 2.24) is 0 Å². The summed E-state index contributed by atoms with van der Waals surface area (Å²) in [7, 11) is 0. The van der Waals surface area contributed by atoms with E-state index in [0.717, 1.165) is 0 Å². The molecule has 0 radical (unpaired) electrons. The van der Waals surface area contributed by atoms with E-state index in [-0.39, 0.29) is 0 Å². The Bertz CT molecular complexity index is 252. The fourth-order valence-electron chi connectivity index (χ4n) is 0.384. The summed E-state index contributed by atoms with van der Waals surface area (Å²) in [5.74, 6) is -4.50. The van der Waals surface area contributed by atoms with Gasteiger partial charge in [-0.05, 0) is 0 Å². The molecule has 0 aromatic rings. The Morgan fingerprint density at radius 1 is 1.07 bits per heavy atom. The quantitative estimate of drug-likeness (QED) is 0.299.